The highest BCUT2D eigenvalue weighted by Crippen LogP contribution is 2.44. The monoisotopic (exact) mass is 405 g/mol. The van der Waals surface area contributed by atoms with E-state index >= 15 is 0 Å². The second-order valence-corrected chi connectivity index (χ2v) is 8.77. The Hall–Kier alpha value is -3.26. The van der Waals surface area contributed by atoms with Crippen molar-refractivity contribution in [3.63, 3.8) is 0 Å². The Labute approximate surface area is 184 Å². The molecule has 0 fully saturated rings. The second-order valence-electron chi connectivity index (χ2n) is 8.77. The van der Waals surface area contributed by atoms with Crippen molar-refractivity contribution in [1.29, 1.82) is 0 Å². The topological polar surface area (TPSA) is 30.0 Å². The number of unbranched alkanes of at least 4 members (excludes halogenated alkanes) is 1. The Balaban J connectivity index is 1.79. The van der Waals surface area contributed by atoms with Gasteiger partial charge in [-0.2, -0.15) is 0 Å². The van der Waals surface area contributed by atoms with Gasteiger partial charge in [0.15, 0.2) is 5.78 Å². The molecule has 1 heterocycles. The lowest BCUT2D eigenvalue weighted by molar-refractivity contribution is 0.104. The van der Waals surface area contributed by atoms with Gasteiger partial charge in [-0.3, -0.25) is 9.78 Å². The van der Waals surface area contributed by atoms with Crippen LogP contribution in [0.5, 0.6) is 0 Å². The number of ketones is 1. The third-order valence-corrected chi connectivity index (χ3v) is 6.67. The lowest BCUT2D eigenvalue weighted by Crippen LogP contribution is -1.98. The van der Waals surface area contributed by atoms with Gasteiger partial charge in [-0.25, -0.2) is 0 Å². The molecule has 2 nitrogen and oxygen atoms in total. The van der Waals surface area contributed by atoms with E-state index in [0.29, 0.717) is 0 Å². The molecule has 1 aromatic heterocycles. The highest BCUT2D eigenvalue weighted by atomic mass is 16.1. The number of rotatable bonds is 4. The number of carbonyl (C=O) groups is 1. The Bertz CT molecular complexity index is 1360. The van der Waals surface area contributed by atoms with E-state index in [0.717, 1.165) is 50.7 Å². The fraction of sp³-hybridized carbons (Fsp3) is 0.241. The zero-order valence-corrected chi connectivity index (χ0v) is 18.7. The molecule has 2 heteroatoms. The smallest absolute Gasteiger partial charge is 0.194 e. The van der Waals surface area contributed by atoms with Crippen molar-refractivity contribution in [2.45, 2.75) is 47.0 Å². The summed E-state index contributed by atoms with van der Waals surface area (Å²) < 4.78 is 0. The fourth-order valence-electron chi connectivity index (χ4n) is 5.07. The Morgan fingerprint density at radius 2 is 1.65 bits per heavy atom. The van der Waals surface area contributed by atoms with Crippen molar-refractivity contribution in [3.8, 4) is 22.4 Å². The molecule has 4 aromatic rings. The average Bonchev–Trinajstić information content (AvgIpc) is 3.07. The molecular formula is C29H27NO. The minimum atomic E-state index is 0.127. The van der Waals surface area contributed by atoms with E-state index < -0.39 is 0 Å². The zero-order valence-electron chi connectivity index (χ0n) is 18.7. The number of nitrogens with zero attached hydrogens (tertiary/aromatic N) is 1. The molecule has 31 heavy (non-hydrogen) atoms. The first-order chi connectivity index (χ1) is 15.0. The number of fused-ring (bicyclic) bond motifs is 5. The van der Waals surface area contributed by atoms with Gasteiger partial charge in [0.05, 0.1) is 5.69 Å². The van der Waals surface area contributed by atoms with Crippen molar-refractivity contribution >= 4 is 16.6 Å². The summed E-state index contributed by atoms with van der Waals surface area (Å²) in [5.41, 5.74) is 11.1. The number of carbonyl (C=O) groups excluding carboxylic acids is 1. The van der Waals surface area contributed by atoms with Crippen LogP contribution in [0, 0.1) is 20.8 Å². The molecule has 0 spiro atoms. The minimum Gasteiger partial charge on any atom is -0.289 e. The van der Waals surface area contributed by atoms with E-state index in [1.807, 2.05) is 24.4 Å². The summed E-state index contributed by atoms with van der Waals surface area (Å²) in [6, 6.07) is 16.7. The largest absolute Gasteiger partial charge is 0.289 e. The first kappa shape index (κ1) is 19.7. The molecule has 0 amide bonds. The summed E-state index contributed by atoms with van der Waals surface area (Å²) in [6.07, 6.45) is 5.37. The highest BCUT2D eigenvalue weighted by Gasteiger charge is 2.30. The molecule has 0 radical (unpaired) electrons. The van der Waals surface area contributed by atoms with Crippen LogP contribution in [0.2, 0.25) is 0 Å². The maximum Gasteiger partial charge on any atom is 0.194 e. The number of hydrogen-bond donors (Lipinski definition) is 0. The summed E-state index contributed by atoms with van der Waals surface area (Å²) in [5, 5.41) is 2.22. The van der Waals surface area contributed by atoms with E-state index in [1.54, 1.807) is 0 Å². The first-order valence-corrected chi connectivity index (χ1v) is 11.2. The van der Waals surface area contributed by atoms with Gasteiger partial charge < -0.3 is 0 Å². The van der Waals surface area contributed by atoms with Crippen LogP contribution in [0.1, 0.15) is 57.9 Å². The molecule has 0 N–H and O–H groups in total. The summed E-state index contributed by atoms with van der Waals surface area (Å²) in [6.45, 7) is 8.71. The van der Waals surface area contributed by atoms with Gasteiger partial charge in [-0.1, -0.05) is 49.2 Å². The molecule has 0 atom stereocenters. The number of aromatic nitrogens is 1. The number of benzene rings is 3. The van der Waals surface area contributed by atoms with Gasteiger partial charge in [-0.15, -0.1) is 0 Å². The molecule has 0 aliphatic heterocycles. The van der Waals surface area contributed by atoms with Crippen LogP contribution in [0.4, 0.5) is 0 Å². The van der Waals surface area contributed by atoms with Crippen molar-refractivity contribution in [2.24, 2.45) is 0 Å². The highest BCUT2D eigenvalue weighted by molar-refractivity contribution is 6.27. The van der Waals surface area contributed by atoms with Gasteiger partial charge >= 0.3 is 0 Å². The summed E-state index contributed by atoms with van der Waals surface area (Å²) in [4.78, 5) is 17.9. The molecular weight excluding hydrogens is 378 g/mol. The third kappa shape index (κ3) is 3.01. The second kappa shape index (κ2) is 7.46. The van der Waals surface area contributed by atoms with Gasteiger partial charge in [-0.05, 0) is 79.5 Å². The molecule has 154 valence electrons. The van der Waals surface area contributed by atoms with Crippen molar-refractivity contribution in [3.05, 3.63) is 88.1 Å². The van der Waals surface area contributed by atoms with Crippen LogP contribution in [-0.4, -0.2) is 10.8 Å². The van der Waals surface area contributed by atoms with Gasteiger partial charge in [0.25, 0.3) is 0 Å². The standard InChI is InChI=1S/C29H27NO/c1-5-6-9-20-15-17(2)16-25(19(20)4)28-22-11-12-24-27(21(22)13-14-30-28)26-18(3)8-7-10-23(26)29(24)31/h7-8,10-16H,5-6,9H2,1-4H3. The number of pyridine rings is 1. The maximum absolute atomic E-state index is 13.1. The van der Waals surface area contributed by atoms with Crippen LogP contribution >= 0.6 is 0 Å². The Morgan fingerprint density at radius 1 is 0.839 bits per heavy atom. The van der Waals surface area contributed by atoms with Crippen molar-refractivity contribution < 1.29 is 4.79 Å². The SMILES string of the molecule is CCCCc1cc(C)cc(-c2nccc3c4c(ccc23)C(=O)c2cccc(C)c2-4)c1C. The predicted octanol–water partition coefficient (Wildman–Crippen LogP) is 7.38. The molecule has 1 aliphatic rings. The fourth-order valence-corrected chi connectivity index (χ4v) is 5.07. The van der Waals surface area contributed by atoms with Crippen LogP contribution in [0.25, 0.3) is 33.2 Å². The number of hydrogen-bond acceptors (Lipinski definition) is 2. The normalized spacial score (nSPS) is 12.3. The molecule has 0 saturated heterocycles. The lowest BCUT2D eigenvalue weighted by atomic mass is 9.90. The molecule has 5 rings (SSSR count). The van der Waals surface area contributed by atoms with E-state index in [9.17, 15) is 4.79 Å². The van der Waals surface area contributed by atoms with E-state index in [2.05, 4.69) is 58.0 Å². The molecule has 1 aliphatic carbocycles. The van der Waals surface area contributed by atoms with Crippen molar-refractivity contribution in [2.75, 3.05) is 0 Å². The van der Waals surface area contributed by atoms with Gasteiger partial charge in [0, 0.05) is 33.8 Å². The molecule has 3 aromatic carbocycles. The molecule has 0 bridgehead atoms. The Morgan fingerprint density at radius 3 is 2.45 bits per heavy atom. The zero-order chi connectivity index (χ0) is 21.7. The Kier molecular flexibility index (Phi) is 4.74. The lowest BCUT2D eigenvalue weighted by Gasteiger charge is -2.16. The van der Waals surface area contributed by atoms with Crippen LogP contribution in [0.3, 0.4) is 0 Å². The minimum absolute atomic E-state index is 0.127. The van der Waals surface area contributed by atoms with E-state index in [4.69, 9.17) is 4.98 Å². The first-order valence-electron chi connectivity index (χ1n) is 11.2. The van der Waals surface area contributed by atoms with E-state index in [1.165, 1.54) is 35.1 Å². The third-order valence-electron chi connectivity index (χ3n) is 6.67. The average molecular weight is 406 g/mol. The quantitative estimate of drug-likeness (QED) is 0.312. The van der Waals surface area contributed by atoms with E-state index in [-0.39, 0.29) is 5.78 Å². The summed E-state index contributed by atoms with van der Waals surface area (Å²) in [5.74, 6) is 0.127. The van der Waals surface area contributed by atoms with Crippen LogP contribution in [-0.2, 0) is 6.42 Å². The summed E-state index contributed by atoms with van der Waals surface area (Å²) >= 11 is 0. The maximum atomic E-state index is 13.1. The van der Waals surface area contributed by atoms with Crippen molar-refractivity contribution in [1.82, 2.24) is 4.98 Å². The van der Waals surface area contributed by atoms with Gasteiger partial charge in [0.2, 0.25) is 0 Å². The molecule has 0 unspecified atom stereocenters. The summed E-state index contributed by atoms with van der Waals surface area (Å²) in [7, 11) is 0. The van der Waals surface area contributed by atoms with Gasteiger partial charge in [0.1, 0.15) is 0 Å². The van der Waals surface area contributed by atoms with Crippen LogP contribution in [0.15, 0.2) is 54.7 Å². The predicted molar refractivity (Wildman–Crippen MR) is 129 cm³/mol. The van der Waals surface area contributed by atoms with Crippen LogP contribution < -0.4 is 0 Å². The number of aryl methyl sites for hydroxylation is 3. The molecule has 0 saturated carbocycles.